The van der Waals surface area contributed by atoms with Gasteiger partial charge < -0.3 is 15.0 Å². The molecule has 1 N–H and O–H groups in total. The van der Waals surface area contributed by atoms with Crippen LogP contribution >= 0.6 is 0 Å². The number of aromatic nitrogens is 3. The summed E-state index contributed by atoms with van der Waals surface area (Å²) in [5.74, 6) is -1.72. The van der Waals surface area contributed by atoms with Crippen LogP contribution in [0.3, 0.4) is 0 Å². The Hall–Kier alpha value is -3.24. The Morgan fingerprint density at radius 2 is 1.94 bits per heavy atom. The van der Waals surface area contributed by atoms with Gasteiger partial charge in [-0.15, -0.1) is 5.10 Å². The molecule has 9 nitrogen and oxygen atoms in total. The number of hydrogen-bond acceptors (Lipinski definition) is 6. The monoisotopic (exact) mass is 434 g/mol. The number of carbonyl (C=O) groups excluding carboxylic acids is 2. The van der Waals surface area contributed by atoms with Crippen LogP contribution in [-0.4, -0.2) is 59.3 Å². The lowest BCUT2D eigenvalue weighted by atomic mass is 10.0. The topological polar surface area (TPSA) is 92.6 Å². The number of carbonyl (C=O) groups is 2. The molecule has 2 fully saturated rings. The third-order valence-electron chi connectivity index (χ3n) is 5.55. The third-order valence-corrected chi connectivity index (χ3v) is 5.55. The fourth-order valence-corrected chi connectivity index (χ4v) is 4.00. The van der Waals surface area contributed by atoms with Gasteiger partial charge in [-0.1, -0.05) is 5.21 Å². The van der Waals surface area contributed by atoms with Gasteiger partial charge in [0.2, 0.25) is 5.91 Å². The van der Waals surface area contributed by atoms with Gasteiger partial charge in [-0.25, -0.2) is 18.3 Å². The molecular formula is C20H24F2N6O3. The Kier molecular flexibility index (Phi) is 5.75. The first-order valence-electron chi connectivity index (χ1n) is 10.2. The standard InChI is InChI=1S/C20H24F2N6O3/c1-12-10-28(25-24-12)14-3-5-26(6-4-14)19-17(21)7-15(8-18(19)22)27-11-16(31-20(27)30)9-23-13(2)29/h7-8,10,14,16H,3-6,9,11H2,1-2H3,(H,23,29). The smallest absolute Gasteiger partial charge is 0.414 e. The van der Waals surface area contributed by atoms with E-state index in [1.165, 1.54) is 11.8 Å². The number of rotatable bonds is 5. The summed E-state index contributed by atoms with van der Waals surface area (Å²) in [4.78, 5) is 26.0. The molecule has 1 atom stereocenters. The largest absolute Gasteiger partial charge is 0.442 e. The van der Waals surface area contributed by atoms with E-state index in [0.717, 1.165) is 17.8 Å². The van der Waals surface area contributed by atoms with Crippen molar-refractivity contribution in [3.8, 4) is 0 Å². The van der Waals surface area contributed by atoms with Gasteiger partial charge in [0.05, 0.1) is 30.5 Å². The molecule has 0 saturated carbocycles. The normalized spacial score (nSPS) is 19.6. The number of piperidine rings is 1. The van der Waals surface area contributed by atoms with Gasteiger partial charge in [-0.2, -0.15) is 0 Å². The van der Waals surface area contributed by atoms with Gasteiger partial charge in [-0.3, -0.25) is 9.69 Å². The fourth-order valence-electron chi connectivity index (χ4n) is 4.00. The average Bonchev–Trinajstić information content (AvgIpc) is 3.32. The molecule has 0 bridgehead atoms. The quantitative estimate of drug-likeness (QED) is 0.776. The number of aryl methyl sites for hydroxylation is 1. The molecule has 2 aliphatic heterocycles. The summed E-state index contributed by atoms with van der Waals surface area (Å²) in [6, 6.07) is 2.43. The van der Waals surface area contributed by atoms with Crippen LogP contribution in [0.4, 0.5) is 25.0 Å². The highest BCUT2D eigenvalue weighted by atomic mass is 19.1. The van der Waals surface area contributed by atoms with Gasteiger partial charge in [0.25, 0.3) is 0 Å². The van der Waals surface area contributed by atoms with E-state index in [0.29, 0.717) is 25.9 Å². The van der Waals surface area contributed by atoms with E-state index in [4.69, 9.17) is 4.74 Å². The van der Waals surface area contributed by atoms with Crippen molar-refractivity contribution < 1.29 is 23.1 Å². The number of benzene rings is 1. The minimum Gasteiger partial charge on any atom is -0.442 e. The first-order valence-corrected chi connectivity index (χ1v) is 10.2. The van der Waals surface area contributed by atoms with E-state index in [9.17, 15) is 18.4 Å². The number of halogens is 2. The van der Waals surface area contributed by atoms with E-state index in [-0.39, 0.29) is 36.4 Å². The number of nitrogens with one attached hydrogen (secondary N) is 1. The second-order valence-corrected chi connectivity index (χ2v) is 7.87. The molecule has 2 aliphatic rings. The molecular weight excluding hydrogens is 410 g/mol. The van der Waals surface area contributed by atoms with E-state index < -0.39 is 23.8 Å². The van der Waals surface area contributed by atoms with Crippen LogP contribution in [0.25, 0.3) is 0 Å². The van der Waals surface area contributed by atoms with Gasteiger partial charge in [0, 0.05) is 38.3 Å². The zero-order valence-electron chi connectivity index (χ0n) is 17.3. The summed E-state index contributed by atoms with van der Waals surface area (Å²) in [6.45, 7) is 4.40. The van der Waals surface area contributed by atoms with Crippen molar-refractivity contribution in [1.29, 1.82) is 0 Å². The molecule has 4 rings (SSSR count). The van der Waals surface area contributed by atoms with Gasteiger partial charge in [-0.05, 0) is 19.8 Å². The molecule has 1 aromatic carbocycles. The SMILES string of the molecule is CC(=O)NCC1CN(c2cc(F)c(N3CCC(n4cc(C)nn4)CC3)c(F)c2)C(=O)O1. The molecule has 11 heteroatoms. The lowest BCUT2D eigenvalue weighted by Gasteiger charge is -2.34. The maximum absolute atomic E-state index is 14.9. The molecule has 1 aromatic heterocycles. The summed E-state index contributed by atoms with van der Waals surface area (Å²) in [6.07, 6.45) is 1.96. The Bertz CT molecular complexity index is 966. The number of nitrogens with zero attached hydrogens (tertiary/aromatic N) is 5. The van der Waals surface area contributed by atoms with Crippen LogP contribution in [-0.2, 0) is 9.53 Å². The van der Waals surface area contributed by atoms with E-state index in [1.807, 2.05) is 13.1 Å². The van der Waals surface area contributed by atoms with Gasteiger partial charge in [0.15, 0.2) is 11.6 Å². The van der Waals surface area contributed by atoms with Gasteiger partial charge >= 0.3 is 6.09 Å². The van der Waals surface area contributed by atoms with Crippen molar-refractivity contribution in [2.45, 2.75) is 38.8 Å². The van der Waals surface area contributed by atoms with Gasteiger partial charge in [0.1, 0.15) is 11.8 Å². The average molecular weight is 434 g/mol. The number of anilines is 2. The van der Waals surface area contributed by atoms with Crippen molar-refractivity contribution in [1.82, 2.24) is 20.3 Å². The highest BCUT2D eigenvalue weighted by Gasteiger charge is 2.34. The van der Waals surface area contributed by atoms with Crippen LogP contribution in [0.1, 0.15) is 31.5 Å². The van der Waals surface area contributed by atoms with Crippen molar-refractivity contribution in [2.75, 3.05) is 36.0 Å². The van der Waals surface area contributed by atoms with Crippen molar-refractivity contribution in [3.63, 3.8) is 0 Å². The molecule has 166 valence electrons. The molecule has 0 spiro atoms. The summed E-state index contributed by atoms with van der Waals surface area (Å²) >= 11 is 0. The first kappa shape index (κ1) is 21.0. The van der Waals surface area contributed by atoms with Crippen LogP contribution in [0.15, 0.2) is 18.3 Å². The van der Waals surface area contributed by atoms with Crippen LogP contribution in [0, 0.1) is 18.6 Å². The minimum absolute atomic E-state index is 0.0852. The summed E-state index contributed by atoms with van der Waals surface area (Å²) in [7, 11) is 0. The van der Waals surface area contributed by atoms with Crippen LogP contribution < -0.4 is 15.1 Å². The second kappa shape index (κ2) is 8.48. The molecule has 2 amide bonds. The highest BCUT2D eigenvalue weighted by molar-refractivity contribution is 5.90. The Morgan fingerprint density at radius 1 is 1.26 bits per heavy atom. The predicted octanol–water partition coefficient (Wildman–Crippen LogP) is 2.17. The Balaban J connectivity index is 1.44. The number of cyclic esters (lactones) is 1. The van der Waals surface area contributed by atoms with Crippen molar-refractivity contribution >= 4 is 23.4 Å². The third kappa shape index (κ3) is 4.44. The van der Waals surface area contributed by atoms with Crippen LogP contribution in [0.2, 0.25) is 0 Å². The lowest BCUT2D eigenvalue weighted by Crippen LogP contribution is -2.36. The molecule has 2 aromatic rings. The molecule has 31 heavy (non-hydrogen) atoms. The Labute approximate surface area is 177 Å². The number of amides is 2. The zero-order valence-corrected chi connectivity index (χ0v) is 17.3. The molecule has 0 aliphatic carbocycles. The maximum atomic E-state index is 14.9. The predicted molar refractivity (Wildman–Crippen MR) is 108 cm³/mol. The zero-order chi connectivity index (χ0) is 22.1. The lowest BCUT2D eigenvalue weighted by molar-refractivity contribution is -0.119. The van der Waals surface area contributed by atoms with Crippen LogP contribution in [0.5, 0.6) is 0 Å². The summed E-state index contributed by atoms with van der Waals surface area (Å²) in [5, 5.41) is 10.6. The highest BCUT2D eigenvalue weighted by Crippen LogP contribution is 2.34. The maximum Gasteiger partial charge on any atom is 0.414 e. The van der Waals surface area contributed by atoms with E-state index in [2.05, 4.69) is 15.6 Å². The molecule has 0 radical (unpaired) electrons. The summed E-state index contributed by atoms with van der Waals surface area (Å²) in [5.41, 5.74) is 0.816. The number of ether oxygens (including phenoxy) is 1. The Morgan fingerprint density at radius 3 is 2.52 bits per heavy atom. The molecule has 2 saturated heterocycles. The van der Waals surface area contributed by atoms with E-state index >= 15 is 0 Å². The fraction of sp³-hybridized carbons (Fsp3) is 0.500. The number of hydrogen-bond donors (Lipinski definition) is 1. The van der Waals surface area contributed by atoms with Crippen molar-refractivity contribution in [2.24, 2.45) is 0 Å². The van der Waals surface area contributed by atoms with Crippen molar-refractivity contribution in [3.05, 3.63) is 35.7 Å². The minimum atomic E-state index is -0.733. The molecule has 1 unspecified atom stereocenters. The summed E-state index contributed by atoms with van der Waals surface area (Å²) < 4.78 is 36.8. The second-order valence-electron chi connectivity index (χ2n) is 7.87. The van der Waals surface area contributed by atoms with E-state index in [1.54, 1.807) is 9.58 Å². The molecule has 3 heterocycles. The first-order chi connectivity index (χ1) is 14.8.